The number of hydrogen-bond donors (Lipinski definition) is 2. The molecule has 0 heterocycles. The van der Waals surface area contributed by atoms with Gasteiger partial charge in [-0.2, -0.15) is 0 Å². The minimum Gasteiger partial charge on any atom is -0.326 e. The molecule has 1 aliphatic rings. The van der Waals surface area contributed by atoms with Crippen LogP contribution in [0.1, 0.15) is 25.3 Å². The fourth-order valence-electron chi connectivity index (χ4n) is 2.37. The highest BCUT2D eigenvalue weighted by Crippen LogP contribution is 2.30. The number of carbonyl (C=O) groups excluding carboxylic acids is 1. The van der Waals surface area contributed by atoms with Crippen molar-refractivity contribution in [3.8, 4) is 0 Å². The molecule has 2 N–H and O–H groups in total. The maximum absolute atomic E-state index is 12.5. The molecule has 0 aliphatic heterocycles. The fraction of sp³-hybridized carbons (Fsp3) is 0.278. The maximum atomic E-state index is 12.5. The standard InChI is InChI=1S/C18H20N2O3S/c1-2-13-6-10-17(11-7-13)24(22,23)20-16-5-3-4-15(12-16)19-18(21)14-8-9-14/h3-7,10-12,14,20H,2,8-9H2,1H3,(H,19,21). The topological polar surface area (TPSA) is 75.3 Å². The van der Waals surface area contributed by atoms with E-state index in [4.69, 9.17) is 0 Å². The largest absolute Gasteiger partial charge is 0.326 e. The number of rotatable bonds is 6. The number of aryl methyl sites for hydroxylation is 1. The number of benzene rings is 2. The summed E-state index contributed by atoms with van der Waals surface area (Å²) in [5.74, 6) is 0.0904. The molecule has 0 radical (unpaired) electrons. The molecule has 1 fully saturated rings. The first-order valence-corrected chi connectivity index (χ1v) is 9.49. The molecular formula is C18H20N2O3S. The summed E-state index contributed by atoms with van der Waals surface area (Å²) in [6.07, 6.45) is 2.70. The highest BCUT2D eigenvalue weighted by molar-refractivity contribution is 7.92. The highest BCUT2D eigenvalue weighted by atomic mass is 32.2. The Hall–Kier alpha value is -2.34. The van der Waals surface area contributed by atoms with Crippen LogP contribution in [0, 0.1) is 5.92 Å². The minimum atomic E-state index is -3.65. The van der Waals surface area contributed by atoms with Crippen molar-refractivity contribution in [1.82, 2.24) is 0 Å². The smallest absolute Gasteiger partial charge is 0.261 e. The van der Waals surface area contributed by atoms with Crippen LogP contribution in [-0.2, 0) is 21.2 Å². The van der Waals surface area contributed by atoms with Crippen molar-refractivity contribution in [1.29, 1.82) is 0 Å². The average Bonchev–Trinajstić information content (AvgIpc) is 3.40. The molecule has 0 saturated heterocycles. The first-order valence-electron chi connectivity index (χ1n) is 8.00. The Morgan fingerprint density at radius 1 is 1.08 bits per heavy atom. The van der Waals surface area contributed by atoms with Crippen molar-refractivity contribution in [3.63, 3.8) is 0 Å². The molecule has 6 heteroatoms. The van der Waals surface area contributed by atoms with Gasteiger partial charge in [0.25, 0.3) is 10.0 Å². The second kappa shape index (κ2) is 6.65. The summed E-state index contributed by atoms with van der Waals surface area (Å²) < 4.78 is 27.5. The zero-order valence-electron chi connectivity index (χ0n) is 13.5. The predicted octanol–water partition coefficient (Wildman–Crippen LogP) is 3.40. The van der Waals surface area contributed by atoms with Gasteiger partial charge in [0.1, 0.15) is 0 Å². The van der Waals surface area contributed by atoms with Crippen LogP contribution < -0.4 is 10.0 Å². The van der Waals surface area contributed by atoms with Crippen LogP contribution in [0.4, 0.5) is 11.4 Å². The molecule has 0 atom stereocenters. The molecule has 0 aromatic heterocycles. The Labute approximate surface area is 142 Å². The lowest BCUT2D eigenvalue weighted by Crippen LogP contribution is -2.15. The average molecular weight is 344 g/mol. The molecule has 2 aromatic rings. The molecular weight excluding hydrogens is 324 g/mol. The number of hydrogen-bond acceptors (Lipinski definition) is 3. The Bertz CT molecular complexity index is 841. The quantitative estimate of drug-likeness (QED) is 0.843. The monoisotopic (exact) mass is 344 g/mol. The van der Waals surface area contributed by atoms with Crippen LogP contribution in [0.2, 0.25) is 0 Å². The lowest BCUT2D eigenvalue weighted by molar-refractivity contribution is -0.117. The molecule has 24 heavy (non-hydrogen) atoms. The lowest BCUT2D eigenvalue weighted by atomic mass is 10.2. The van der Waals surface area contributed by atoms with Crippen LogP contribution in [0.15, 0.2) is 53.4 Å². The van der Waals surface area contributed by atoms with E-state index >= 15 is 0 Å². The number of sulfonamides is 1. The van der Waals surface area contributed by atoms with E-state index in [1.807, 2.05) is 6.92 Å². The van der Waals surface area contributed by atoms with Crippen molar-refractivity contribution in [2.24, 2.45) is 5.92 Å². The second-order valence-electron chi connectivity index (χ2n) is 5.95. The van der Waals surface area contributed by atoms with Gasteiger partial charge in [-0.1, -0.05) is 25.1 Å². The third kappa shape index (κ3) is 3.94. The van der Waals surface area contributed by atoms with Crippen molar-refractivity contribution < 1.29 is 13.2 Å². The summed E-state index contributed by atoms with van der Waals surface area (Å²) in [4.78, 5) is 12.0. The van der Waals surface area contributed by atoms with Gasteiger partial charge >= 0.3 is 0 Å². The summed E-state index contributed by atoms with van der Waals surface area (Å²) in [5.41, 5.74) is 2.09. The molecule has 1 saturated carbocycles. The molecule has 3 rings (SSSR count). The van der Waals surface area contributed by atoms with E-state index in [9.17, 15) is 13.2 Å². The van der Waals surface area contributed by atoms with Crippen molar-refractivity contribution in [2.45, 2.75) is 31.1 Å². The summed E-state index contributed by atoms with van der Waals surface area (Å²) in [7, 11) is -3.65. The molecule has 1 amide bonds. The Kier molecular flexibility index (Phi) is 4.57. The van der Waals surface area contributed by atoms with Crippen molar-refractivity contribution in [3.05, 3.63) is 54.1 Å². The summed E-state index contributed by atoms with van der Waals surface area (Å²) in [5, 5.41) is 2.81. The first kappa shape index (κ1) is 16.5. The van der Waals surface area contributed by atoms with Gasteiger partial charge in [0, 0.05) is 11.6 Å². The molecule has 0 bridgehead atoms. The van der Waals surface area contributed by atoms with Gasteiger partial charge in [0.05, 0.1) is 10.6 Å². The van der Waals surface area contributed by atoms with E-state index in [1.54, 1.807) is 48.5 Å². The number of carbonyl (C=O) groups is 1. The van der Waals surface area contributed by atoms with Crippen LogP contribution in [0.3, 0.4) is 0 Å². The molecule has 1 aliphatic carbocycles. The van der Waals surface area contributed by atoms with E-state index in [2.05, 4.69) is 10.0 Å². The third-order valence-electron chi connectivity index (χ3n) is 3.97. The Balaban J connectivity index is 1.75. The van der Waals surface area contributed by atoms with Gasteiger partial charge in [0.15, 0.2) is 0 Å². The van der Waals surface area contributed by atoms with Crippen LogP contribution in [0.25, 0.3) is 0 Å². The van der Waals surface area contributed by atoms with Gasteiger partial charge in [-0.05, 0) is 55.2 Å². The Morgan fingerprint density at radius 3 is 2.38 bits per heavy atom. The molecule has 126 valence electrons. The fourth-order valence-corrected chi connectivity index (χ4v) is 3.42. The van der Waals surface area contributed by atoms with E-state index < -0.39 is 10.0 Å². The van der Waals surface area contributed by atoms with Gasteiger partial charge in [0.2, 0.25) is 5.91 Å². The SMILES string of the molecule is CCc1ccc(S(=O)(=O)Nc2cccc(NC(=O)C3CC3)c2)cc1. The summed E-state index contributed by atoms with van der Waals surface area (Å²) >= 11 is 0. The normalized spacial score (nSPS) is 14.2. The Morgan fingerprint density at radius 2 is 1.75 bits per heavy atom. The van der Waals surface area contributed by atoms with Crippen molar-refractivity contribution in [2.75, 3.05) is 10.0 Å². The highest BCUT2D eigenvalue weighted by Gasteiger charge is 2.29. The molecule has 0 spiro atoms. The first-order chi connectivity index (χ1) is 11.5. The lowest BCUT2D eigenvalue weighted by Gasteiger charge is -2.10. The third-order valence-corrected chi connectivity index (χ3v) is 5.37. The zero-order valence-corrected chi connectivity index (χ0v) is 14.3. The molecule has 5 nitrogen and oxygen atoms in total. The summed E-state index contributed by atoms with van der Waals surface area (Å²) in [6.45, 7) is 2.02. The number of anilines is 2. The molecule has 0 unspecified atom stereocenters. The van der Waals surface area contributed by atoms with E-state index in [1.165, 1.54) is 0 Å². The summed E-state index contributed by atoms with van der Waals surface area (Å²) in [6, 6.07) is 13.5. The zero-order chi connectivity index (χ0) is 17.2. The molecule has 2 aromatic carbocycles. The van der Waals surface area contributed by atoms with Crippen LogP contribution in [0.5, 0.6) is 0 Å². The van der Waals surface area contributed by atoms with Gasteiger partial charge in [-0.3, -0.25) is 9.52 Å². The van der Waals surface area contributed by atoms with Crippen molar-refractivity contribution >= 4 is 27.3 Å². The maximum Gasteiger partial charge on any atom is 0.261 e. The van der Waals surface area contributed by atoms with E-state index in [-0.39, 0.29) is 16.7 Å². The van der Waals surface area contributed by atoms with E-state index in [0.717, 1.165) is 24.8 Å². The minimum absolute atomic E-state index is 0.00911. The predicted molar refractivity (Wildman–Crippen MR) is 94.4 cm³/mol. The van der Waals surface area contributed by atoms with Gasteiger partial charge in [-0.25, -0.2) is 8.42 Å². The number of nitrogens with one attached hydrogen (secondary N) is 2. The number of amides is 1. The van der Waals surface area contributed by atoms with E-state index in [0.29, 0.717) is 11.4 Å². The van der Waals surface area contributed by atoms with Crippen LogP contribution in [-0.4, -0.2) is 14.3 Å². The second-order valence-corrected chi connectivity index (χ2v) is 7.63. The van der Waals surface area contributed by atoms with Gasteiger partial charge < -0.3 is 5.32 Å². The van der Waals surface area contributed by atoms with Gasteiger partial charge in [-0.15, -0.1) is 0 Å². The van der Waals surface area contributed by atoms with Crippen LogP contribution >= 0.6 is 0 Å².